The molecule has 2 aliphatic heterocycles. The largest absolute Gasteiger partial charge is 0.486 e. The minimum absolute atomic E-state index is 0.0458. The normalized spacial score (nSPS) is 19.5. The first-order valence-corrected chi connectivity index (χ1v) is 9.20. The fraction of sp³-hybridized carbons (Fsp3) is 0.529. The van der Waals surface area contributed by atoms with Crippen molar-refractivity contribution >= 4 is 23.6 Å². The number of rotatable bonds is 6. The molecule has 1 atom stereocenters. The predicted octanol–water partition coefficient (Wildman–Crippen LogP) is 2.38. The summed E-state index contributed by atoms with van der Waals surface area (Å²) in [6.45, 7) is 3.82. The molecule has 1 fully saturated rings. The Morgan fingerprint density at radius 3 is 2.92 bits per heavy atom. The highest BCUT2D eigenvalue weighted by atomic mass is 32.2. The Bertz CT molecular complexity index is 621. The summed E-state index contributed by atoms with van der Waals surface area (Å²) in [7, 11) is 0. The highest BCUT2D eigenvalue weighted by Crippen LogP contribution is 2.42. The van der Waals surface area contributed by atoms with Crippen LogP contribution in [0.25, 0.3) is 0 Å². The third-order valence-corrected chi connectivity index (χ3v) is 5.16. The molecule has 7 heteroatoms. The van der Waals surface area contributed by atoms with E-state index in [-0.39, 0.29) is 17.3 Å². The molecule has 3 rings (SSSR count). The van der Waals surface area contributed by atoms with Gasteiger partial charge in [-0.25, -0.2) is 0 Å². The number of carbonyl (C=O) groups excluding carboxylic acids is 2. The van der Waals surface area contributed by atoms with E-state index in [0.717, 1.165) is 17.1 Å². The molecule has 0 radical (unpaired) electrons. The van der Waals surface area contributed by atoms with Crippen molar-refractivity contribution in [1.82, 2.24) is 4.90 Å². The number of thioether (sulfide) groups is 1. The highest BCUT2D eigenvalue weighted by molar-refractivity contribution is 8.00. The van der Waals surface area contributed by atoms with E-state index < -0.39 is 0 Å². The van der Waals surface area contributed by atoms with E-state index in [1.807, 2.05) is 23.1 Å². The highest BCUT2D eigenvalue weighted by Gasteiger charge is 2.33. The fourth-order valence-electron chi connectivity index (χ4n) is 2.81. The Balaban J connectivity index is 1.65. The maximum absolute atomic E-state index is 12.2. The number of fused-ring (bicyclic) bond motifs is 1. The van der Waals surface area contributed by atoms with Crippen LogP contribution in [0.5, 0.6) is 11.5 Å². The summed E-state index contributed by atoms with van der Waals surface area (Å²) in [5, 5.41) is -0.0458. The molecule has 0 aliphatic carbocycles. The molecule has 1 aromatic rings. The van der Waals surface area contributed by atoms with Crippen LogP contribution in [0.1, 0.15) is 30.7 Å². The molecule has 0 N–H and O–H groups in total. The molecule has 1 amide bonds. The van der Waals surface area contributed by atoms with E-state index >= 15 is 0 Å². The molecule has 6 nitrogen and oxygen atoms in total. The molecular formula is C17H21NO5S. The lowest BCUT2D eigenvalue weighted by Gasteiger charge is -2.26. The van der Waals surface area contributed by atoms with Gasteiger partial charge in [-0.2, -0.15) is 0 Å². The number of benzene rings is 1. The van der Waals surface area contributed by atoms with E-state index in [0.29, 0.717) is 45.0 Å². The third-order valence-electron chi connectivity index (χ3n) is 3.90. The van der Waals surface area contributed by atoms with E-state index in [1.54, 1.807) is 18.7 Å². The van der Waals surface area contributed by atoms with E-state index in [1.165, 1.54) is 0 Å². The van der Waals surface area contributed by atoms with Gasteiger partial charge in [0.05, 0.1) is 12.4 Å². The minimum Gasteiger partial charge on any atom is -0.486 e. The Kier molecular flexibility index (Phi) is 5.50. The smallest absolute Gasteiger partial charge is 0.305 e. The quantitative estimate of drug-likeness (QED) is 0.733. The molecule has 2 heterocycles. The average molecular weight is 351 g/mol. The second-order valence-corrected chi connectivity index (χ2v) is 6.63. The van der Waals surface area contributed by atoms with Crippen molar-refractivity contribution in [2.75, 3.05) is 32.1 Å². The van der Waals surface area contributed by atoms with Crippen molar-refractivity contribution in [3.05, 3.63) is 23.8 Å². The molecule has 2 aliphatic rings. The summed E-state index contributed by atoms with van der Waals surface area (Å²) in [5.74, 6) is 1.81. The summed E-state index contributed by atoms with van der Waals surface area (Å²) in [6, 6.07) is 5.81. The SMILES string of the molecule is CCOC(=O)CCCN1C(=O)CSC1c1ccc2c(c1)OCCO2. The summed E-state index contributed by atoms with van der Waals surface area (Å²) in [4.78, 5) is 25.5. The first-order valence-electron chi connectivity index (χ1n) is 8.15. The van der Waals surface area contributed by atoms with Crippen LogP contribution in [0.4, 0.5) is 0 Å². The predicted molar refractivity (Wildman–Crippen MR) is 90.2 cm³/mol. The molecule has 0 bridgehead atoms. The average Bonchev–Trinajstić information content (AvgIpc) is 2.96. The summed E-state index contributed by atoms with van der Waals surface area (Å²) >= 11 is 1.60. The van der Waals surface area contributed by atoms with Crippen LogP contribution in [0, 0.1) is 0 Å². The van der Waals surface area contributed by atoms with Crippen LogP contribution in [0.15, 0.2) is 18.2 Å². The minimum atomic E-state index is -0.215. The number of esters is 1. The van der Waals surface area contributed by atoms with E-state index in [9.17, 15) is 9.59 Å². The molecule has 0 saturated carbocycles. The molecule has 0 aromatic heterocycles. The molecule has 130 valence electrons. The molecule has 24 heavy (non-hydrogen) atoms. The monoisotopic (exact) mass is 351 g/mol. The molecule has 1 saturated heterocycles. The summed E-state index contributed by atoms with van der Waals surface area (Å²) in [5.41, 5.74) is 1.02. The van der Waals surface area contributed by atoms with Crippen LogP contribution < -0.4 is 9.47 Å². The topological polar surface area (TPSA) is 65.1 Å². The Labute approximate surface area is 145 Å². The van der Waals surface area contributed by atoms with Crippen molar-refractivity contribution in [1.29, 1.82) is 0 Å². The Morgan fingerprint density at radius 2 is 2.12 bits per heavy atom. The number of hydrogen-bond acceptors (Lipinski definition) is 6. The van der Waals surface area contributed by atoms with Gasteiger partial charge in [0, 0.05) is 13.0 Å². The van der Waals surface area contributed by atoms with Gasteiger partial charge in [-0.3, -0.25) is 9.59 Å². The maximum Gasteiger partial charge on any atom is 0.305 e. The van der Waals surface area contributed by atoms with Gasteiger partial charge in [-0.15, -0.1) is 11.8 Å². The van der Waals surface area contributed by atoms with Crippen molar-refractivity contribution < 1.29 is 23.8 Å². The van der Waals surface area contributed by atoms with Gasteiger partial charge in [0.1, 0.15) is 18.6 Å². The Morgan fingerprint density at radius 1 is 1.33 bits per heavy atom. The second kappa shape index (κ2) is 7.79. The van der Waals surface area contributed by atoms with Gasteiger partial charge < -0.3 is 19.1 Å². The number of nitrogens with zero attached hydrogens (tertiary/aromatic N) is 1. The van der Waals surface area contributed by atoms with Crippen molar-refractivity contribution in [3.63, 3.8) is 0 Å². The molecular weight excluding hydrogens is 330 g/mol. The van der Waals surface area contributed by atoms with Crippen LogP contribution in [0.3, 0.4) is 0 Å². The van der Waals surface area contributed by atoms with Gasteiger partial charge in [0.2, 0.25) is 5.91 Å². The van der Waals surface area contributed by atoms with Gasteiger partial charge >= 0.3 is 5.97 Å². The van der Waals surface area contributed by atoms with E-state index in [2.05, 4.69) is 0 Å². The lowest BCUT2D eigenvalue weighted by atomic mass is 10.1. The molecule has 1 aromatic carbocycles. The molecule has 0 spiro atoms. The molecule has 1 unspecified atom stereocenters. The van der Waals surface area contributed by atoms with Gasteiger partial charge in [-0.05, 0) is 31.0 Å². The van der Waals surface area contributed by atoms with Crippen LogP contribution >= 0.6 is 11.8 Å². The van der Waals surface area contributed by atoms with Crippen molar-refractivity contribution in [3.8, 4) is 11.5 Å². The summed E-state index contributed by atoms with van der Waals surface area (Å²) in [6.07, 6.45) is 0.933. The van der Waals surface area contributed by atoms with Crippen LogP contribution in [-0.4, -0.2) is 48.9 Å². The van der Waals surface area contributed by atoms with Crippen LogP contribution in [0.2, 0.25) is 0 Å². The number of amides is 1. The first kappa shape index (κ1) is 17.0. The zero-order chi connectivity index (χ0) is 16.9. The van der Waals surface area contributed by atoms with E-state index in [4.69, 9.17) is 14.2 Å². The van der Waals surface area contributed by atoms with Crippen molar-refractivity contribution in [2.24, 2.45) is 0 Å². The van der Waals surface area contributed by atoms with Crippen LogP contribution in [-0.2, 0) is 14.3 Å². The lowest BCUT2D eigenvalue weighted by Crippen LogP contribution is -2.29. The number of ether oxygens (including phenoxy) is 3. The Hall–Kier alpha value is -1.89. The standard InChI is InChI=1S/C17H21NO5S/c1-2-21-16(20)4-3-7-18-15(19)11-24-17(18)12-5-6-13-14(10-12)23-9-8-22-13/h5-6,10,17H,2-4,7-9,11H2,1H3. The fourth-order valence-corrected chi connectivity index (χ4v) is 4.02. The zero-order valence-corrected chi connectivity index (χ0v) is 14.5. The van der Waals surface area contributed by atoms with Gasteiger partial charge in [0.25, 0.3) is 0 Å². The van der Waals surface area contributed by atoms with Gasteiger partial charge in [-0.1, -0.05) is 6.07 Å². The van der Waals surface area contributed by atoms with Gasteiger partial charge in [0.15, 0.2) is 11.5 Å². The zero-order valence-electron chi connectivity index (χ0n) is 13.7. The second-order valence-electron chi connectivity index (χ2n) is 5.56. The lowest BCUT2D eigenvalue weighted by molar-refractivity contribution is -0.143. The summed E-state index contributed by atoms with van der Waals surface area (Å²) < 4.78 is 16.1. The number of carbonyl (C=O) groups is 2. The van der Waals surface area contributed by atoms with Crippen molar-refractivity contribution in [2.45, 2.75) is 25.1 Å². The maximum atomic E-state index is 12.2. The third kappa shape index (κ3) is 3.77. The first-order chi connectivity index (χ1) is 11.7. The number of hydrogen-bond donors (Lipinski definition) is 0.